The molecule has 0 unspecified atom stereocenters. The second kappa shape index (κ2) is 42.9. The minimum atomic E-state index is -0.916. The lowest BCUT2D eigenvalue weighted by Gasteiger charge is -2.06. The number of rotatable bonds is 14. The maximum atomic E-state index is 11.3. The van der Waals surface area contributed by atoms with Crippen LogP contribution in [0.2, 0.25) is 0 Å². The molecule has 17 heteroatoms. The van der Waals surface area contributed by atoms with Crippen LogP contribution in [-0.4, -0.2) is 62.3 Å². The van der Waals surface area contributed by atoms with Crippen LogP contribution in [0.3, 0.4) is 0 Å². The van der Waals surface area contributed by atoms with Crippen molar-refractivity contribution in [2.45, 2.75) is 62.3 Å². The summed E-state index contributed by atoms with van der Waals surface area (Å²) in [6.07, 6.45) is 3.35. The van der Waals surface area contributed by atoms with Crippen LogP contribution in [0.1, 0.15) is 90.5 Å². The molecule has 0 saturated carbocycles. The number of methoxy groups -OCH3 is 2. The Kier molecular flexibility index (Phi) is 36.8. The highest BCUT2D eigenvalue weighted by Crippen LogP contribution is 2.21. The lowest BCUT2D eigenvalue weighted by atomic mass is 10.1. The van der Waals surface area contributed by atoms with Gasteiger partial charge >= 0.3 is 17.9 Å². The van der Waals surface area contributed by atoms with Crippen molar-refractivity contribution in [3.05, 3.63) is 294 Å². The monoisotopic (exact) mass is 1280 g/mol. The average Bonchev–Trinajstić information content (AvgIpc) is 2.13. The number of aromatic hydroxyl groups is 1. The number of nitrogen functional groups attached to an aromatic ring is 2. The summed E-state index contributed by atoms with van der Waals surface area (Å²) in [5.74, 6) is 2.51. The standard InChI is InChI=1S/C19H15N3O.C15H14O3.C14H12O3.C9H9BrO2.C6H6O.C5H7N3.5CH4/c1-2-5-16(6-3-1)23-13-14-8-10-15(11-9-14)18-21-17-7-4-12-20-19(17)22-18;1-17-15(16)13-9-7-12(8-10-13)11-18-14-5-3-2-4-6-14;15-14(16)12-8-6-11(7-9-12)10-17-13-4-2-1-3-5-13;1-12-9(11)8-4-2-7(6-10)3-5-8;7-6-4-2-1-3-5-6;6-4-2-1-3-8-5(4)7;;;;;/h1-12H,13H2,(H,20,21,22);2-10H,11H2,1H3;1-9H,10H2,(H,15,16);2-5H,6H2,1H3;1-5,7H;1-3H,6H2,(H2,7,8);5*1H4. The van der Waals surface area contributed by atoms with Gasteiger partial charge in [0.2, 0.25) is 0 Å². The van der Waals surface area contributed by atoms with E-state index in [1.807, 2.05) is 146 Å². The number of anilines is 2. The molecular weight excluding hydrogens is 1200 g/mol. The van der Waals surface area contributed by atoms with Gasteiger partial charge in [-0.05, 0) is 131 Å². The van der Waals surface area contributed by atoms with Gasteiger partial charge in [-0.1, -0.05) is 187 Å². The van der Waals surface area contributed by atoms with Crippen molar-refractivity contribution < 1.29 is 48.3 Å². The Labute approximate surface area is 538 Å². The van der Waals surface area contributed by atoms with Gasteiger partial charge in [0.1, 0.15) is 54.5 Å². The summed E-state index contributed by atoms with van der Waals surface area (Å²) in [5, 5.41) is 18.2. The summed E-state index contributed by atoms with van der Waals surface area (Å²) in [6.45, 7) is 1.46. The third-order valence-corrected chi connectivity index (χ3v) is 12.3. The third-order valence-electron chi connectivity index (χ3n) is 11.7. The molecule has 3 aromatic heterocycles. The first-order valence-corrected chi connectivity index (χ1v) is 27.4. The number of nitrogens with two attached hydrogens (primary N) is 2. The first kappa shape index (κ1) is 77.2. The van der Waals surface area contributed by atoms with E-state index in [2.05, 4.69) is 57.5 Å². The fourth-order valence-electron chi connectivity index (χ4n) is 7.09. The molecule has 3 heterocycles. The van der Waals surface area contributed by atoms with Crippen molar-refractivity contribution in [1.82, 2.24) is 19.9 Å². The number of phenols is 1. The molecule has 0 aliphatic rings. The molecule has 0 aliphatic heterocycles. The Bertz CT molecular complexity index is 3640. The fraction of sp³-hybridized carbons (Fsp3) is 0.151. The second-order valence-electron chi connectivity index (χ2n) is 17.8. The van der Waals surface area contributed by atoms with Gasteiger partial charge in [0.05, 0.1) is 42.1 Å². The second-order valence-corrected chi connectivity index (χ2v) is 18.3. The number of carbonyl (C=O) groups is 3. The number of carboxylic acid groups (broad SMARTS) is 1. The van der Waals surface area contributed by atoms with E-state index in [1.54, 1.807) is 97.3 Å². The number of halogens is 1. The van der Waals surface area contributed by atoms with Crippen molar-refractivity contribution >= 4 is 56.5 Å². The molecule has 0 aliphatic carbocycles. The largest absolute Gasteiger partial charge is 0.508 e. The highest BCUT2D eigenvalue weighted by molar-refractivity contribution is 9.08. The average molecular weight is 1280 g/mol. The third kappa shape index (κ3) is 27.3. The molecule has 0 atom stereocenters. The van der Waals surface area contributed by atoms with Gasteiger partial charge in [0.25, 0.3) is 0 Å². The predicted octanol–water partition coefficient (Wildman–Crippen LogP) is 17.4. The molecule has 90 heavy (non-hydrogen) atoms. The van der Waals surface area contributed by atoms with Gasteiger partial charge in [-0.25, -0.2) is 29.3 Å². The number of pyridine rings is 2. The van der Waals surface area contributed by atoms with Gasteiger partial charge in [0, 0.05) is 23.3 Å². The highest BCUT2D eigenvalue weighted by Gasteiger charge is 2.08. The summed E-state index contributed by atoms with van der Waals surface area (Å²) in [7, 11) is 2.75. The Morgan fingerprint density at radius 1 is 0.456 bits per heavy atom. The molecule has 11 rings (SSSR count). The van der Waals surface area contributed by atoms with E-state index in [4.69, 9.17) is 35.9 Å². The Morgan fingerprint density at radius 3 is 1.16 bits per heavy atom. The van der Waals surface area contributed by atoms with Crippen LogP contribution in [0.5, 0.6) is 23.0 Å². The zero-order valence-electron chi connectivity index (χ0n) is 46.6. The smallest absolute Gasteiger partial charge is 0.337 e. The molecule has 0 amide bonds. The number of hydrogen-bond acceptors (Lipinski definition) is 14. The van der Waals surface area contributed by atoms with Crippen molar-refractivity contribution in [3.63, 3.8) is 0 Å². The molecular formula is C73H83BrN6O10. The van der Waals surface area contributed by atoms with Crippen molar-refractivity contribution in [1.29, 1.82) is 0 Å². The van der Waals surface area contributed by atoms with Gasteiger partial charge in [-0.3, -0.25) is 0 Å². The van der Waals surface area contributed by atoms with Gasteiger partial charge in [-0.2, -0.15) is 0 Å². The molecule has 0 fully saturated rings. The lowest BCUT2D eigenvalue weighted by molar-refractivity contribution is 0.0592. The highest BCUT2D eigenvalue weighted by atomic mass is 79.9. The quantitative estimate of drug-likeness (QED) is 0.0502. The van der Waals surface area contributed by atoms with E-state index in [-0.39, 0.29) is 54.6 Å². The topological polar surface area (TPSA) is 244 Å². The van der Waals surface area contributed by atoms with E-state index < -0.39 is 5.97 Å². The molecule has 0 saturated heterocycles. The van der Waals surface area contributed by atoms with Crippen LogP contribution in [0, 0.1) is 0 Å². The number of phenolic OH excluding ortho intramolecular Hbond substituents is 1. The maximum Gasteiger partial charge on any atom is 0.337 e. The van der Waals surface area contributed by atoms with E-state index in [0.29, 0.717) is 48.2 Å². The van der Waals surface area contributed by atoms with Crippen LogP contribution >= 0.6 is 15.9 Å². The molecule has 8 aromatic carbocycles. The number of aromatic carboxylic acids is 1. The Morgan fingerprint density at radius 2 is 0.822 bits per heavy atom. The van der Waals surface area contributed by atoms with Gasteiger partial charge < -0.3 is 50.3 Å². The first-order chi connectivity index (χ1) is 41.4. The summed E-state index contributed by atoms with van der Waals surface area (Å²) in [5.41, 5.74) is 19.5. The number of alkyl halides is 1. The number of para-hydroxylation sites is 4. The molecule has 11 aromatic rings. The first-order valence-electron chi connectivity index (χ1n) is 26.3. The number of aromatic amines is 1. The van der Waals surface area contributed by atoms with Crippen LogP contribution in [-0.2, 0) is 34.6 Å². The number of ether oxygens (including phenoxy) is 5. The SMILES string of the molecule is C.C.C.C.C.COC(=O)c1ccc(CBr)cc1.COC(=O)c1ccc(COc2ccccc2)cc1.Nc1cccnc1N.O=C(O)c1ccc(COc2ccccc2)cc1.Oc1ccccc1.c1ccc(OCc2ccc(-c3nc4ncccc4[nH]3)cc2)cc1. The molecule has 16 nitrogen and oxygen atoms in total. The minimum Gasteiger partial charge on any atom is -0.508 e. The Hall–Kier alpha value is -10.8. The number of esters is 2. The van der Waals surface area contributed by atoms with Gasteiger partial charge in [0.15, 0.2) is 5.65 Å². The molecule has 0 spiro atoms. The van der Waals surface area contributed by atoms with E-state index in [9.17, 15) is 14.4 Å². The fourth-order valence-corrected chi connectivity index (χ4v) is 7.47. The lowest BCUT2D eigenvalue weighted by Crippen LogP contribution is -2.01. The maximum absolute atomic E-state index is 11.3. The summed E-state index contributed by atoms with van der Waals surface area (Å²) >= 11 is 3.32. The van der Waals surface area contributed by atoms with Crippen molar-refractivity contribution in [2.24, 2.45) is 0 Å². The van der Waals surface area contributed by atoms with Crippen molar-refractivity contribution in [2.75, 3.05) is 25.7 Å². The van der Waals surface area contributed by atoms with Crippen LogP contribution in [0.4, 0.5) is 11.5 Å². The number of nitrogens with one attached hydrogen (secondary N) is 1. The zero-order chi connectivity index (χ0) is 60.4. The normalized spacial score (nSPS) is 9.32. The van der Waals surface area contributed by atoms with Gasteiger partial charge in [-0.15, -0.1) is 0 Å². The number of carbonyl (C=O) groups excluding carboxylic acids is 2. The van der Waals surface area contributed by atoms with Crippen LogP contribution < -0.4 is 25.7 Å². The molecule has 7 N–H and O–H groups in total. The van der Waals surface area contributed by atoms with E-state index >= 15 is 0 Å². The molecule has 472 valence electrons. The number of carboxylic acids is 1. The number of benzene rings is 8. The van der Waals surface area contributed by atoms with Crippen LogP contribution in [0.15, 0.2) is 255 Å². The predicted molar refractivity (Wildman–Crippen MR) is 368 cm³/mol. The van der Waals surface area contributed by atoms with Crippen LogP contribution in [0.25, 0.3) is 22.6 Å². The number of fused-ring (bicyclic) bond motifs is 1. The summed E-state index contributed by atoms with van der Waals surface area (Å²) < 4.78 is 26.1. The number of imidazole rings is 1. The molecule has 0 bridgehead atoms. The summed E-state index contributed by atoms with van der Waals surface area (Å²) in [4.78, 5) is 48.7. The number of aromatic nitrogens is 4. The number of H-pyrrole nitrogens is 1. The summed E-state index contributed by atoms with van der Waals surface area (Å²) in [6, 6.07) is 74.3. The van der Waals surface area contributed by atoms with Crippen molar-refractivity contribution in [3.8, 4) is 34.4 Å². The Balaban J connectivity index is 0.000000555. The number of nitrogens with zero attached hydrogens (tertiary/aromatic N) is 3. The van der Waals surface area contributed by atoms with E-state index in [0.717, 1.165) is 67.4 Å². The number of hydrogen-bond donors (Lipinski definition) is 5. The molecule has 0 radical (unpaired) electrons. The van der Waals surface area contributed by atoms with E-state index in [1.165, 1.54) is 14.2 Å². The zero-order valence-corrected chi connectivity index (χ0v) is 48.2. The minimum absolute atomic E-state index is 0.